The van der Waals surface area contributed by atoms with Gasteiger partial charge in [-0.2, -0.15) is 0 Å². The lowest BCUT2D eigenvalue weighted by Gasteiger charge is -2.29. The summed E-state index contributed by atoms with van der Waals surface area (Å²) in [4.78, 5) is 14.1. The molecule has 0 heterocycles. The van der Waals surface area contributed by atoms with Gasteiger partial charge in [0.15, 0.2) is 0 Å². The molecule has 0 unspecified atom stereocenters. The monoisotopic (exact) mass is 292 g/mol. The molecule has 0 saturated carbocycles. The van der Waals surface area contributed by atoms with Crippen molar-refractivity contribution in [2.45, 2.75) is 39.2 Å². The minimum atomic E-state index is 0.0336. The van der Waals surface area contributed by atoms with Crippen LogP contribution in [0.2, 0.25) is 0 Å². The molecule has 0 bridgehead atoms. The van der Waals surface area contributed by atoms with Crippen LogP contribution in [-0.4, -0.2) is 48.2 Å². The number of hydrogen-bond acceptors (Lipinski definition) is 3. The van der Waals surface area contributed by atoms with Gasteiger partial charge in [-0.3, -0.25) is 9.69 Å². The van der Waals surface area contributed by atoms with Gasteiger partial charge in [0.1, 0.15) is 0 Å². The van der Waals surface area contributed by atoms with Crippen molar-refractivity contribution in [2.24, 2.45) is 0 Å². The standard InChI is InChI=1S/C17H28N2O2/c1-3-16(4-2)19(12-13-20)14-17(21)18-11-10-15-8-6-5-7-9-15/h5-9,16,20H,3-4,10-14H2,1-2H3,(H,18,21). The summed E-state index contributed by atoms with van der Waals surface area (Å²) in [6.45, 7) is 5.89. The van der Waals surface area contributed by atoms with E-state index in [0.29, 0.717) is 25.7 Å². The Kier molecular flexibility index (Phi) is 8.71. The molecule has 0 aliphatic heterocycles. The second-order valence-corrected chi connectivity index (χ2v) is 5.25. The third-order valence-electron chi connectivity index (χ3n) is 3.77. The van der Waals surface area contributed by atoms with Gasteiger partial charge >= 0.3 is 0 Å². The lowest BCUT2D eigenvalue weighted by molar-refractivity contribution is -0.122. The highest BCUT2D eigenvalue weighted by molar-refractivity contribution is 5.78. The van der Waals surface area contributed by atoms with Gasteiger partial charge in [-0.25, -0.2) is 0 Å². The van der Waals surface area contributed by atoms with Gasteiger partial charge in [0.25, 0.3) is 0 Å². The van der Waals surface area contributed by atoms with E-state index in [1.54, 1.807) is 0 Å². The average Bonchev–Trinajstić information content (AvgIpc) is 2.49. The number of aliphatic hydroxyl groups is 1. The summed E-state index contributed by atoms with van der Waals surface area (Å²) in [5, 5.41) is 12.1. The first-order valence-corrected chi connectivity index (χ1v) is 7.86. The van der Waals surface area contributed by atoms with Crippen molar-refractivity contribution in [1.29, 1.82) is 0 Å². The van der Waals surface area contributed by atoms with Gasteiger partial charge in [0, 0.05) is 19.1 Å². The molecule has 0 aromatic heterocycles. The Morgan fingerprint density at radius 1 is 1.24 bits per heavy atom. The molecule has 4 nitrogen and oxygen atoms in total. The lowest BCUT2D eigenvalue weighted by Crippen LogP contribution is -2.44. The van der Waals surface area contributed by atoms with Gasteiger partial charge in [0.05, 0.1) is 13.2 Å². The maximum atomic E-state index is 12.0. The fourth-order valence-corrected chi connectivity index (χ4v) is 2.56. The molecular formula is C17H28N2O2. The fourth-order valence-electron chi connectivity index (χ4n) is 2.56. The highest BCUT2D eigenvalue weighted by Crippen LogP contribution is 2.07. The van der Waals surface area contributed by atoms with Crippen LogP contribution in [0, 0.1) is 0 Å². The number of carbonyl (C=O) groups excluding carboxylic acids is 1. The minimum absolute atomic E-state index is 0.0336. The molecule has 0 spiro atoms. The highest BCUT2D eigenvalue weighted by atomic mass is 16.3. The van der Waals surface area contributed by atoms with Crippen molar-refractivity contribution in [3.05, 3.63) is 35.9 Å². The number of nitrogens with zero attached hydrogens (tertiary/aromatic N) is 1. The Bertz CT molecular complexity index is 391. The first-order valence-electron chi connectivity index (χ1n) is 7.86. The molecule has 2 N–H and O–H groups in total. The molecule has 0 saturated heterocycles. The molecule has 0 atom stereocenters. The van der Waals surface area contributed by atoms with Crippen LogP contribution in [-0.2, 0) is 11.2 Å². The van der Waals surface area contributed by atoms with E-state index in [4.69, 9.17) is 5.11 Å². The van der Waals surface area contributed by atoms with E-state index < -0.39 is 0 Å². The molecule has 21 heavy (non-hydrogen) atoms. The summed E-state index contributed by atoms with van der Waals surface area (Å²) in [7, 11) is 0. The number of hydrogen-bond donors (Lipinski definition) is 2. The second-order valence-electron chi connectivity index (χ2n) is 5.25. The maximum Gasteiger partial charge on any atom is 0.234 e. The Hall–Kier alpha value is -1.39. The molecule has 1 aromatic rings. The molecule has 1 amide bonds. The van der Waals surface area contributed by atoms with E-state index in [1.165, 1.54) is 5.56 Å². The zero-order valence-electron chi connectivity index (χ0n) is 13.2. The van der Waals surface area contributed by atoms with Crippen LogP contribution in [0.1, 0.15) is 32.3 Å². The van der Waals surface area contributed by atoms with E-state index in [-0.39, 0.29) is 12.5 Å². The van der Waals surface area contributed by atoms with Crippen LogP contribution in [0.4, 0.5) is 0 Å². The van der Waals surface area contributed by atoms with Gasteiger partial charge < -0.3 is 10.4 Å². The molecule has 0 aliphatic rings. The van der Waals surface area contributed by atoms with Gasteiger partial charge in [-0.05, 0) is 24.8 Å². The van der Waals surface area contributed by atoms with Crippen LogP contribution < -0.4 is 5.32 Å². The van der Waals surface area contributed by atoms with Crippen molar-refractivity contribution in [1.82, 2.24) is 10.2 Å². The third-order valence-corrected chi connectivity index (χ3v) is 3.77. The van der Waals surface area contributed by atoms with Crippen molar-refractivity contribution >= 4 is 5.91 Å². The molecule has 1 rings (SSSR count). The topological polar surface area (TPSA) is 52.6 Å². The van der Waals surface area contributed by atoms with E-state index in [1.807, 2.05) is 18.2 Å². The van der Waals surface area contributed by atoms with E-state index in [0.717, 1.165) is 19.3 Å². The average molecular weight is 292 g/mol. The molecular weight excluding hydrogens is 264 g/mol. The molecule has 0 fully saturated rings. The fraction of sp³-hybridized carbons (Fsp3) is 0.588. The Morgan fingerprint density at radius 2 is 1.90 bits per heavy atom. The normalized spacial score (nSPS) is 11.1. The van der Waals surface area contributed by atoms with Crippen molar-refractivity contribution < 1.29 is 9.90 Å². The first kappa shape index (κ1) is 17.7. The van der Waals surface area contributed by atoms with Crippen molar-refractivity contribution in [3.63, 3.8) is 0 Å². The first-order chi connectivity index (χ1) is 10.2. The van der Waals surface area contributed by atoms with Gasteiger partial charge in [-0.1, -0.05) is 44.2 Å². The predicted molar refractivity (Wildman–Crippen MR) is 86.2 cm³/mol. The number of carbonyl (C=O) groups is 1. The highest BCUT2D eigenvalue weighted by Gasteiger charge is 2.17. The SMILES string of the molecule is CCC(CC)N(CCO)CC(=O)NCCc1ccccc1. The summed E-state index contributed by atoms with van der Waals surface area (Å²) >= 11 is 0. The quantitative estimate of drug-likeness (QED) is 0.692. The number of amides is 1. The van der Waals surface area contributed by atoms with E-state index >= 15 is 0 Å². The smallest absolute Gasteiger partial charge is 0.234 e. The molecule has 4 heteroatoms. The molecule has 0 radical (unpaired) electrons. The number of nitrogens with one attached hydrogen (secondary N) is 1. The number of benzene rings is 1. The van der Waals surface area contributed by atoms with Crippen LogP contribution >= 0.6 is 0 Å². The zero-order valence-corrected chi connectivity index (χ0v) is 13.2. The van der Waals surface area contributed by atoms with Crippen LogP contribution in [0.3, 0.4) is 0 Å². The van der Waals surface area contributed by atoms with E-state index in [2.05, 4.69) is 36.2 Å². The van der Waals surface area contributed by atoms with Gasteiger partial charge in [0.2, 0.25) is 5.91 Å². The Morgan fingerprint density at radius 3 is 2.48 bits per heavy atom. The molecule has 118 valence electrons. The van der Waals surface area contributed by atoms with Crippen LogP contribution in [0.25, 0.3) is 0 Å². The number of rotatable bonds is 10. The maximum absolute atomic E-state index is 12.0. The Balaban J connectivity index is 2.36. The predicted octanol–water partition coefficient (Wildman–Crippen LogP) is 1.83. The van der Waals surface area contributed by atoms with Crippen molar-refractivity contribution in [2.75, 3.05) is 26.2 Å². The summed E-state index contributed by atoms with van der Waals surface area (Å²) in [6, 6.07) is 10.5. The summed E-state index contributed by atoms with van der Waals surface area (Å²) in [6.07, 6.45) is 2.83. The van der Waals surface area contributed by atoms with E-state index in [9.17, 15) is 4.79 Å². The minimum Gasteiger partial charge on any atom is -0.395 e. The third kappa shape index (κ3) is 6.74. The van der Waals surface area contributed by atoms with Crippen LogP contribution in [0.5, 0.6) is 0 Å². The van der Waals surface area contributed by atoms with Crippen LogP contribution in [0.15, 0.2) is 30.3 Å². The second kappa shape index (κ2) is 10.4. The van der Waals surface area contributed by atoms with Gasteiger partial charge in [-0.15, -0.1) is 0 Å². The molecule has 0 aliphatic carbocycles. The summed E-state index contributed by atoms with van der Waals surface area (Å²) < 4.78 is 0. The Labute approximate surface area is 128 Å². The summed E-state index contributed by atoms with van der Waals surface area (Å²) in [5.74, 6) is 0.0336. The largest absolute Gasteiger partial charge is 0.395 e. The van der Waals surface area contributed by atoms with Crippen molar-refractivity contribution in [3.8, 4) is 0 Å². The summed E-state index contributed by atoms with van der Waals surface area (Å²) in [5.41, 5.74) is 1.23. The lowest BCUT2D eigenvalue weighted by atomic mass is 10.1. The molecule has 1 aromatic carbocycles. The zero-order chi connectivity index (χ0) is 15.5. The number of aliphatic hydroxyl groups excluding tert-OH is 1.